The van der Waals surface area contributed by atoms with Crippen molar-refractivity contribution in [3.63, 3.8) is 0 Å². The van der Waals surface area contributed by atoms with E-state index in [0.717, 1.165) is 0 Å². The fourth-order valence-electron chi connectivity index (χ4n) is 2.44. The molecule has 12 nitrogen and oxygen atoms in total. The van der Waals surface area contributed by atoms with Gasteiger partial charge in [-0.1, -0.05) is 20.8 Å². The highest BCUT2D eigenvalue weighted by Crippen LogP contribution is 2.10. The first-order valence-corrected chi connectivity index (χ1v) is 10.1. The molecule has 2 heterocycles. The summed E-state index contributed by atoms with van der Waals surface area (Å²) >= 11 is 0. The fourth-order valence-corrected chi connectivity index (χ4v) is 2.44. The Morgan fingerprint density at radius 1 is 1.13 bits per heavy atom. The summed E-state index contributed by atoms with van der Waals surface area (Å²) in [5.74, 6) is -1.10. The normalized spacial score (nSPS) is 11.0. The van der Waals surface area contributed by atoms with E-state index in [2.05, 4.69) is 20.3 Å². The Labute approximate surface area is 178 Å². The number of esters is 2. The highest BCUT2D eigenvalue weighted by Gasteiger charge is 2.17. The topological polar surface area (TPSA) is 154 Å². The summed E-state index contributed by atoms with van der Waals surface area (Å²) in [7, 11) is 0. The standard InChI is InChI=1S/C19H27N5O7/c1-4-7-13(25)21-19-22-17-16(18(28)23-19)20-10-24(17)11-31-12(8-29-14(26)5-2)9-30-15(27)6-3/h10,12H,4-9,11H2,1-3H3,(H2,21,22,23,25,28). The predicted octanol–water partition coefficient (Wildman–Crippen LogP) is 1.11. The van der Waals surface area contributed by atoms with Crippen molar-refractivity contribution in [3.8, 4) is 0 Å². The molecule has 170 valence electrons. The molecule has 0 fully saturated rings. The van der Waals surface area contributed by atoms with Gasteiger partial charge in [0.05, 0.1) is 6.33 Å². The van der Waals surface area contributed by atoms with Gasteiger partial charge in [0.2, 0.25) is 11.9 Å². The predicted molar refractivity (Wildman–Crippen MR) is 109 cm³/mol. The van der Waals surface area contributed by atoms with Gasteiger partial charge in [-0.3, -0.25) is 34.0 Å². The number of carbonyl (C=O) groups excluding carboxylic acids is 3. The second-order valence-corrected chi connectivity index (χ2v) is 6.59. The number of carbonyl (C=O) groups is 3. The third-order valence-corrected chi connectivity index (χ3v) is 4.10. The molecule has 0 aliphatic rings. The minimum Gasteiger partial charge on any atom is -0.463 e. The zero-order valence-electron chi connectivity index (χ0n) is 17.8. The van der Waals surface area contributed by atoms with Gasteiger partial charge in [-0.15, -0.1) is 0 Å². The number of imidazole rings is 1. The number of aromatic nitrogens is 4. The molecule has 0 spiro atoms. The van der Waals surface area contributed by atoms with E-state index in [4.69, 9.17) is 14.2 Å². The third-order valence-electron chi connectivity index (χ3n) is 4.10. The van der Waals surface area contributed by atoms with E-state index in [1.807, 2.05) is 6.92 Å². The molecular weight excluding hydrogens is 410 g/mol. The van der Waals surface area contributed by atoms with Crippen LogP contribution in [0.1, 0.15) is 46.5 Å². The maximum atomic E-state index is 12.2. The number of hydrogen-bond acceptors (Lipinski definition) is 9. The Bertz CT molecular complexity index is 948. The van der Waals surface area contributed by atoms with Crippen molar-refractivity contribution in [1.82, 2.24) is 19.5 Å². The van der Waals surface area contributed by atoms with Crippen LogP contribution in [-0.2, 0) is 35.3 Å². The zero-order valence-corrected chi connectivity index (χ0v) is 17.8. The maximum absolute atomic E-state index is 12.2. The second-order valence-electron chi connectivity index (χ2n) is 6.59. The number of rotatable bonds is 12. The quantitative estimate of drug-likeness (QED) is 0.465. The molecule has 0 radical (unpaired) electrons. The van der Waals surface area contributed by atoms with Crippen molar-refractivity contribution in [3.05, 3.63) is 16.7 Å². The summed E-state index contributed by atoms with van der Waals surface area (Å²) in [5.41, 5.74) is -0.241. The minimum atomic E-state index is -0.728. The number of aromatic amines is 1. The highest BCUT2D eigenvalue weighted by atomic mass is 16.6. The van der Waals surface area contributed by atoms with Crippen LogP contribution in [0.3, 0.4) is 0 Å². The molecule has 0 aliphatic heterocycles. The summed E-state index contributed by atoms with van der Waals surface area (Å²) in [6.07, 6.45) is 1.97. The molecule has 0 bridgehead atoms. The van der Waals surface area contributed by atoms with E-state index < -0.39 is 23.6 Å². The number of nitrogens with zero attached hydrogens (tertiary/aromatic N) is 3. The van der Waals surface area contributed by atoms with Gasteiger partial charge >= 0.3 is 11.9 Å². The number of anilines is 1. The second kappa shape index (κ2) is 11.8. The zero-order chi connectivity index (χ0) is 22.8. The van der Waals surface area contributed by atoms with E-state index in [0.29, 0.717) is 12.8 Å². The molecule has 2 N–H and O–H groups in total. The first-order chi connectivity index (χ1) is 14.9. The Balaban J connectivity index is 2.13. The van der Waals surface area contributed by atoms with E-state index in [1.165, 1.54) is 10.9 Å². The number of fused-ring (bicyclic) bond motifs is 1. The van der Waals surface area contributed by atoms with Crippen LogP contribution in [0.4, 0.5) is 5.95 Å². The molecule has 31 heavy (non-hydrogen) atoms. The van der Waals surface area contributed by atoms with Crippen LogP contribution in [0.5, 0.6) is 0 Å². The van der Waals surface area contributed by atoms with E-state index in [9.17, 15) is 19.2 Å². The molecule has 0 aliphatic carbocycles. The van der Waals surface area contributed by atoms with Crippen molar-refractivity contribution >= 4 is 35.0 Å². The molecule has 0 aromatic carbocycles. The lowest BCUT2D eigenvalue weighted by Crippen LogP contribution is -2.29. The summed E-state index contributed by atoms with van der Waals surface area (Å²) in [4.78, 5) is 57.6. The van der Waals surface area contributed by atoms with Gasteiger partial charge < -0.3 is 14.2 Å². The number of ether oxygens (including phenoxy) is 3. The summed E-state index contributed by atoms with van der Waals surface area (Å²) in [6, 6.07) is 0. The first-order valence-electron chi connectivity index (χ1n) is 10.1. The van der Waals surface area contributed by atoms with Gasteiger partial charge in [0.25, 0.3) is 5.56 Å². The summed E-state index contributed by atoms with van der Waals surface area (Å²) < 4.78 is 17.3. The van der Waals surface area contributed by atoms with Gasteiger partial charge in [0.15, 0.2) is 11.2 Å². The minimum absolute atomic E-state index is 0.00278. The first kappa shape index (κ1) is 24.0. The van der Waals surface area contributed by atoms with Crippen LogP contribution < -0.4 is 10.9 Å². The lowest BCUT2D eigenvalue weighted by Gasteiger charge is -2.18. The smallest absolute Gasteiger partial charge is 0.305 e. The van der Waals surface area contributed by atoms with Crippen LogP contribution in [0, 0.1) is 0 Å². The van der Waals surface area contributed by atoms with Crippen LogP contribution in [-0.4, -0.2) is 56.7 Å². The Hall–Kier alpha value is -3.28. The van der Waals surface area contributed by atoms with Crippen molar-refractivity contribution in [2.45, 2.75) is 59.3 Å². The van der Waals surface area contributed by atoms with Gasteiger partial charge in [-0.25, -0.2) is 4.98 Å². The number of nitrogens with one attached hydrogen (secondary N) is 2. The number of hydrogen-bond donors (Lipinski definition) is 2. The monoisotopic (exact) mass is 437 g/mol. The fraction of sp³-hybridized carbons (Fsp3) is 0.579. The lowest BCUT2D eigenvalue weighted by molar-refractivity contribution is -0.157. The Morgan fingerprint density at radius 3 is 2.35 bits per heavy atom. The summed E-state index contributed by atoms with van der Waals surface area (Å²) in [5, 5.41) is 2.53. The molecule has 0 unspecified atom stereocenters. The van der Waals surface area contributed by atoms with Crippen LogP contribution in [0.25, 0.3) is 11.2 Å². The molecule has 2 rings (SSSR count). The van der Waals surface area contributed by atoms with Crippen molar-refractivity contribution in [1.29, 1.82) is 0 Å². The number of H-pyrrole nitrogens is 1. The van der Waals surface area contributed by atoms with Gasteiger partial charge in [0, 0.05) is 19.3 Å². The Morgan fingerprint density at radius 2 is 1.77 bits per heavy atom. The van der Waals surface area contributed by atoms with Crippen LogP contribution in [0.15, 0.2) is 11.1 Å². The van der Waals surface area contributed by atoms with Gasteiger partial charge in [0.1, 0.15) is 26.0 Å². The molecule has 0 atom stereocenters. The third kappa shape index (κ3) is 7.17. The average molecular weight is 437 g/mol. The molecule has 2 aromatic heterocycles. The molecule has 2 aromatic rings. The van der Waals surface area contributed by atoms with Gasteiger partial charge in [-0.2, -0.15) is 4.98 Å². The maximum Gasteiger partial charge on any atom is 0.305 e. The van der Waals surface area contributed by atoms with Gasteiger partial charge in [-0.05, 0) is 6.42 Å². The van der Waals surface area contributed by atoms with Crippen LogP contribution in [0.2, 0.25) is 0 Å². The largest absolute Gasteiger partial charge is 0.463 e. The number of amides is 1. The average Bonchev–Trinajstić information content (AvgIpc) is 3.16. The van der Waals surface area contributed by atoms with Crippen LogP contribution >= 0.6 is 0 Å². The van der Waals surface area contributed by atoms with E-state index >= 15 is 0 Å². The van der Waals surface area contributed by atoms with E-state index in [1.54, 1.807) is 13.8 Å². The highest BCUT2D eigenvalue weighted by molar-refractivity contribution is 5.89. The van der Waals surface area contributed by atoms with E-state index in [-0.39, 0.29) is 55.8 Å². The Kier molecular flexibility index (Phi) is 9.13. The molecule has 0 saturated heterocycles. The molecule has 12 heteroatoms. The molecular formula is C19H27N5O7. The summed E-state index contributed by atoms with van der Waals surface area (Å²) in [6.45, 7) is 4.86. The van der Waals surface area contributed by atoms with Crippen molar-refractivity contribution in [2.75, 3.05) is 18.5 Å². The molecule has 1 amide bonds. The van der Waals surface area contributed by atoms with Crippen molar-refractivity contribution in [2.24, 2.45) is 0 Å². The molecule has 0 saturated carbocycles. The van der Waals surface area contributed by atoms with Crippen molar-refractivity contribution < 1.29 is 28.6 Å². The lowest BCUT2D eigenvalue weighted by atomic mass is 10.3. The SMILES string of the molecule is CCCC(=O)Nc1nc2c(ncn2COC(COC(=O)CC)COC(=O)CC)c(=O)[nH]1.